The second kappa shape index (κ2) is 17.4. The molecule has 1 amide bonds. The fraction of sp³-hybridized carbons (Fsp3) is 0.386. The monoisotopic (exact) mass is 877 g/mol. The number of rotatable bonds is 12. The number of piperazine rings is 1. The molecule has 4 aliphatic rings. The van der Waals surface area contributed by atoms with Gasteiger partial charge < -0.3 is 23.8 Å². The third kappa shape index (κ3) is 9.64. The van der Waals surface area contributed by atoms with Crippen LogP contribution in [-0.4, -0.2) is 101 Å². The summed E-state index contributed by atoms with van der Waals surface area (Å²) < 4.78 is 67.8. The highest BCUT2D eigenvalue weighted by molar-refractivity contribution is 7.90. The number of fused-ring (bicyclic) bond motifs is 1. The number of carbonyl (C=O) groups is 1. The lowest BCUT2D eigenvalue weighted by molar-refractivity contribution is -0.0331. The van der Waals surface area contributed by atoms with E-state index in [0.29, 0.717) is 37.0 Å². The van der Waals surface area contributed by atoms with Gasteiger partial charge in [-0.1, -0.05) is 47.5 Å². The number of hydrogen-bond donors (Lipinski definition) is 1. The Kier molecular flexibility index (Phi) is 12.2. The van der Waals surface area contributed by atoms with Crippen LogP contribution in [0.5, 0.6) is 17.4 Å². The van der Waals surface area contributed by atoms with Crippen LogP contribution in [0.3, 0.4) is 0 Å². The molecule has 1 N–H and O–H groups in total. The summed E-state index contributed by atoms with van der Waals surface area (Å²) in [6.07, 6.45) is 3.86. The van der Waals surface area contributed by atoms with Gasteiger partial charge in [0.15, 0.2) is 0 Å². The number of anilines is 1. The van der Waals surface area contributed by atoms with Crippen molar-refractivity contribution in [3.63, 3.8) is 0 Å². The predicted octanol–water partition coefficient (Wildman–Crippen LogP) is 7.90. The predicted molar refractivity (Wildman–Crippen MR) is 229 cm³/mol. The second-order valence-corrected chi connectivity index (χ2v) is 18.6. The molecule has 16 heteroatoms. The molecule has 0 atom stereocenters. The Morgan fingerprint density at radius 1 is 0.983 bits per heavy atom. The van der Waals surface area contributed by atoms with E-state index in [4.69, 9.17) is 42.1 Å². The SMILES string of the molecule is CC1(C)CC(c2ccc(Cl)cc2)=C(CN2CCN(c3ccc(C(=O)NS(=O)(=O)c4cnc(OCC5(F)CCOCC5)c(Cl)c4)c(Oc4cccc5c4C=NC5)c3)CC2)CO1. The van der Waals surface area contributed by atoms with E-state index in [1.807, 2.05) is 24.3 Å². The summed E-state index contributed by atoms with van der Waals surface area (Å²) in [5.41, 5.74) is 4.41. The molecule has 0 aliphatic carbocycles. The minimum Gasteiger partial charge on any atom is -0.473 e. The molecule has 0 bridgehead atoms. The molecule has 0 saturated carbocycles. The molecule has 60 heavy (non-hydrogen) atoms. The van der Waals surface area contributed by atoms with Crippen LogP contribution in [0.15, 0.2) is 88.4 Å². The number of hydrogen-bond acceptors (Lipinski definition) is 11. The maximum absolute atomic E-state index is 15.1. The number of aliphatic imine (C=N–C) groups is 1. The van der Waals surface area contributed by atoms with Gasteiger partial charge in [-0.2, -0.15) is 0 Å². The van der Waals surface area contributed by atoms with Crippen molar-refractivity contribution in [3.05, 3.63) is 111 Å². The fourth-order valence-corrected chi connectivity index (χ4v) is 9.12. The fourth-order valence-electron chi connectivity index (χ4n) is 7.78. The Morgan fingerprint density at radius 3 is 2.50 bits per heavy atom. The largest absolute Gasteiger partial charge is 0.473 e. The van der Waals surface area contributed by atoms with Crippen molar-refractivity contribution in [2.24, 2.45) is 4.99 Å². The minimum atomic E-state index is -4.48. The molecule has 4 aliphatic heterocycles. The van der Waals surface area contributed by atoms with E-state index < -0.39 is 21.6 Å². The second-order valence-electron chi connectivity index (χ2n) is 16.1. The highest BCUT2D eigenvalue weighted by atomic mass is 35.5. The van der Waals surface area contributed by atoms with E-state index in [9.17, 15) is 13.2 Å². The molecule has 12 nitrogen and oxygen atoms in total. The van der Waals surface area contributed by atoms with Crippen molar-refractivity contribution in [1.82, 2.24) is 14.6 Å². The van der Waals surface area contributed by atoms with Gasteiger partial charge in [-0.3, -0.25) is 14.7 Å². The van der Waals surface area contributed by atoms with Crippen LogP contribution in [0.2, 0.25) is 10.0 Å². The summed E-state index contributed by atoms with van der Waals surface area (Å²) in [5, 5.41) is 0.553. The van der Waals surface area contributed by atoms with Crippen LogP contribution in [0.1, 0.15) is 60.2 Å². The average Bonchev–Trinajstić information content (AvgIpc) is 3.72. The average molecular weight is 879 g/mol. The highest BCUT2D eigenvalue weighted by Gasteiger charge is 2.34. The summed E-state index contributed by atoms with van der Waals surface area (Å²) in [4.78, 5) is 26.6. The van der Waals surface area contributed by atoms with E-state index in [0.717, 1.165) is 60.7 Å². The smallest absolute Gasteiger partial charge is 0.268 e. The van der Waals surface area contributed by atoms with Crippen LogP contribution in [0, 0.1) is 0 Å². The van der Waals surface area contributed by atoms with E-state index >= 15 is 4.39 Å². The van der Waals surface area contributed by atoms with Crippen LogP contribution in [0.25, 0.3) is 5.57 Å². The Morgan fingerprint density at radius 2 is 1.75 bits per heavy atom. The summed E-state index contributed by atoms with van der Waals surface area (Å²) in [5.74, 6) is -0.384. The third-order valence-corrected chi connectivity index (χ3v) is 13.1. The molecule has 3 aromatic carbocycles. The van der Waals surface area contributed by atoms with Gasteiger partial charge in [0.2, 0.25) is 5.88 Å². The number of pyridine rings is 1. The zero-order valence-corrected chi connectivity index (χ0v) is 35.7. The Bertz CT molecular complexity index is 2430. The van der Waals surface area contributed by atoms with Crippen molar-refractivity contribution < 1.29 is 36.6 Å². The summed E-state index contributed by atoms with van der Waals surface area (Å²) >= 11 is 12.6. The number of sulfonamides is 1. The van der Waals surface area contributed by atoms with E-state index in [1.165, 1.54) is 11.1 Å². The summed E-state index contributed by atoms with van der Waals surface area (Å²) in [7, 11) is -4.48. The van der Waals surface area contributed by atoms with Crippen LogP contribution in [0.4, 0.5) is 10.1 Å². The zero-order valence-electron chi connectivity index (χ0n) is 33.4. The quantitative estimate of drug-likeness (QED) is 0.150. The molecular weight excluding hydrogens is 832 g/mol. The zero-order chi connectivity index (χ0) is 42.1. The molecule has 2 fully saturated rings. The molecule has 2 saturated heterocycles. The van der Waals surface area contributed by atoms with Gasteiger partial charge in [0.25, 0.3) is 15.9 Å². The minimum absolute atomic E-state index is 0.000830. The topological polar surface area (TPSA) is 132 Å². The highest BCUT2D eigenvalue weighted by Crippen LogP contribution is 2.38. The van der Waals surface area contributed by atoms with Gasteiger partial charge in [-0.05, 0) is 72.5 Å². The van der Waals surface area contributed by atoms with Gasteiger partial charge in [-0.25, -0.2) is 22.5 Å². The molecule has 4 aromatic rings. The first-order chi connectivity index (χ1) is 28.7. The van der Waals surface area contributed by atoms with Gasteiger partial charge in [0, 0.05) is 93.8 Å². The number of alkyl halides is 1. The maximum Gasteiger partial charge on any atom is 0.268 e. The molecule has 1 aromatic heterocycles. The molecule has 8 rings (SSSR count). The van der Waals surface area contributed by atoms with E-state index in [2.05, 4.69) is 50.5 Å². The van der Waals surface area contributed by atoms with Crippen molar-refractivity contribution in [2.75, 3.05) is 64.1 Å². The molecule has 0 spiro atoms. The van der Waals surface area contributed by atoms with Gasteiger partial charge >= 0.3 is 0 Å². The number of ether oxygens (including phenoxy) is 4. The molecule has 0 unspecified atom stereocenters. The number of nitrogens with zero attached hydrogens (tertiary/aromatic N) is 4. The Labute approximate surface area is 359 Å². The summed E-state index contributed by atoms with van der Waals surface area (Å²) in [6, 6.07) is 19.8. The molecule has 0 radical (unpaired) electrons. The molecule has 316 valence electrons. The maximum atomic E-state index is 15.1. The van der Waals surface area contributed by atoms with Crippen molar-refractivity contribution in [3.8, 4) is 17.4 Å². The first-order valence-corrected chi connectivity index (χ1v) is 22.1. The van der Waals surface area contributed by atoms with Gasteiger partial charge in [-0.15, -0.1) is 0 Å². The van der Waals surface area contributed by atoms with Crippen molar-refractivity contribution >= 4 is 56.6 Å². The standard InChI is InChI=1S/C44H46Cl2FN5O7S/c1-43(2)22-36(29-6-8-32(45)9-7-29)31(27-58-43)26-51-14-16-52(17-15-51)33-10-11-35(40(20-33)59-39-5-3-4-30-23-48-25-37(30)39)41(53)50-60(54,55)34-21-38(46)42(49-24-34)57-28-44(47)12-18-56-19-13-44/h3-11,20-21,24-25H,12-19,22-23,26-28H2,1-2H3,(H,50,53). The normalized spacial score (nSPS) is 18.9. The van der Waals surface area contributed by atoms with Crippen molar-refractivity contribution in [1.29, 1.82) is 0 Å². The Hall–Kier alpha value is -4.57. The van der Waals surface area contributed by atoms with Gasteiger partial charge in [0.05, 0.1) is 30.5 Å². The Balaban J connectivity index is 0.991. The van der Waals surface area contributed by atoms with Crippen LogP contribution in [-0.2, 0) is 26.0 Å². The van der Waals surface area contributed by atoms with Crippen molar-refractivity contribution in [2.45, 2.75) is 55.8 Å². The molecular formula is C44H46Cl2FN5O7S. The first kappa shape index (κ1) is 42.1. The lowest BCUT2D eigenvalue weighted by atomic mass is 9.87. The number of amides is 1. The third-order valence-electron chi connectivity index (χ3n) is 11.3. The van der Waals surface area contributed by atoms with Gasteiger partial charge in [0.1, 0.15) is 33.7 Å². The number of benzene rings is 3. The van der Waals surface area contributed by atoms with Crippen LogP contribution >= 0.6 is 23.2 Å². The summed E-state index contributed by atoms with van der Waals surface area (Å²) in [6.45, 7) is 9.28. The number of nitrogens with one attached hydrogen (secondary N) is 1. The number of aromatic nitrogens is 1. The van der Waals surface area contributed by atoms with E-state index in [1.54, 1.807) is 30.5 Å². The lowest BCUT2D eigenvalue weighted by Crippen LogP contribution is -2.47. The number of halogens is 3. The van der Waals surface area contributed by atoms with E-state index in [-0.39, 0.29) is 65.4 Å². The van der Waals surface area contributed by atoms with Crippen LogP contribution < -0.4 is 19.1 Å². The molecule has 5 heterocycles. The number of carbonyl (C=O) groups excluding carboxylic acids is 1. The first-order valence-electron chi connectivity index (χ1n) is 19.9. The lowest BCUT2D eigenvalue weighted by Gasteiger charge is -2.39.